The van der Waals surface area contributed by atoms with E-state index in [1.54, 1.807) is 19.1 Å². The number of anilines is 1. The van der Waals surface area contributed by atoms with Crippen molar-refractivity contribution in [1.29, 1.82) is 0 Å². The van der Waals surface area contributed by atoms with Gasteiger partial charge in [0.2, 0.25) is 0 Å². The number of carbonyl (C=O) groups is 2. The Kier molecular flexibility index (Phi) is 4.31. The Bertz CT molecular complexity index is 881. The number of hydrogen-bond acceptors (Lipinski definition) is 4. The number of halogens is 2. The molecule has 7 heteroatoms. The molecule has 2 heterocycles. The minimum Gasteiger partial charge on any atom is -0.503 e. The Labute approximate surface area is 142 Å². The molecule has 1 aliphatic heterocycles. The molecule has 128 valence electrons. The first kappa shape index (κ1) is 16.8. The van der Waals surface area contributed by atoms with Crippen LogP contribution in [0.3, 0.4) is 0 Å². The zero-order valence-electron chi connectivity index (χ0n) is 13.2. The van der Waals surface area contributed by atoms with E-state index in [9.17, 15) is 23.5 Å². The molecular weight excluding hydrogens is 330 g/mol. The normalized spacial score (nSPS) is 17.3. The van der Waals surface area contributed by atoms with Crippen LogP contribution < -0.4 is 4.90 Å². The topological polar surface area (TPSA) is 70.5 Å². The molecule has 0 bridgehead atoms. The lowest BCUT2D eigenvalue weighted by atomic mass is 9.95. The summed E-state index contributed by atoms with van der Waals surface area (Å²) in [5.41, 5.74) is -0.0347. The van der Waals surface area contributed by atoms with Crippen LogP contribution in [0.25, 0.3) is 0 Å². The number of ketones is 1. The van der Waals surface area contributed by atoms with Crippen LogP contribution in [-0.4, -0.2) is 21.8 Å². The molecule has 1 N–H and O–H groups in total. The second-order valence-electron chi connectivity index (χ2n) is 5.49. The molecule has 25 heavy (non-hydrogen) atoms. The van der Waals surface area contributed by atoms with Crippen molar-refractivity contribution < 1.29 is 23.5 Å². The molecule has 1 amide bonds. The van der Waals surface area contributed by atoms with Gasteiger partial charge in [-0.15, -0.1) is 0 Å². The van der Waals surface area contributed by atoms with E-state index in [-0.39, 0.29) is 17.7 Å². The third kappa shape index (κ3) is 2.77. The van der Waals surface area contributed by atoms with Crippen LogP contribution in [-0.2, 0) is 9.59 Å². The second-order valence-corrected chi connectivity index (χ2v) is 5.49. The van der Waals surface area contributed by atoms with E-state index in [4.69, 9.17) is 0 Å². The SMILES string of the molecule is CCC(=O)C1=C(O)C(=O)N(c2cc(F)ccc2F)C1c1ccncc1. The van der Waals surface area contributed by atoms with Gasteiger partial charge in [0.15, 0.2) is 11.5 Å². The Balaban J connectivity index is 2.22. The number of benzene rings is 1. The predicted octanol–water partition coefficient (Wildman–Crippen LogP) is 3.24. The number of aromatic nitrogens is 1. The molecule has 0 spiro atoms. The van der Waals surface area contributed by atoms with Gasteiger partial charge in [-0.05, 0) is 29.8 Å². The van der Waals surface area contributed by atoms with E-state index < -0.39 is 35.1 Å². The Hall–Kier alpha value is -3.09. The van der Waals surface area contributed by atoms with Crippen molar-refractivity contribution in [2.24, 2.45) is 0 Å². The molecule has 1 unspecified atom stereocenters. The highest BCUT2D eigenvalue weighted by atomic mass is 19.1. The van der Waals surface area contributed by atoms with Crippen LogP contribution in [0.2, 0.25) is 0 Å². The first-order chi connectivity index (χ1) is 12.0. The standard InChI is InChI=1S/C18H14F2N2O3/c1-2-14(23)15-16(10-5-7-21-8-6-10)22(18(25)17(15)24)13-9-11(19)3-4-12(13)20/h3-9,16,24H,2H2,1H3. The number of hydrogen-bond donors (Lipinski definition) is 1. The number of rotatable bonds is 4. The number of aliphatic hydroxyl groups excluding tert-OH is 1. The molecular formula is C18H14F2N2O3. The highest BCUT2D eigenvalue weighted by Crippen LogP contribution is 2.42. The molecule has 0 aliphatic carbocycles. The number of nitrogens with zero attached hydrogens (tertiary/aromatic N) is 2. The van der Waals surface area contributed by atoms with Crippen LogP contribution in [0.1, 0.15) is 24.9 Å². The molecule has 1 atom stereocenters. The maximum atomic E-state index is 14.3. The van der Waals surface area contributed by atoms with Gasteiger partial charge in [0, 0.05) is 24.9 Å². The second kappa shape index (κ2) is 6.43. The monoisotopic (exact) mass is 344 g/mol. The summed E-state index contributed by atoms with van der Waals surface area (Å²) in [5, 5.41) is 10.2. The summed E-state index contributed by atoms with van der Waals surface area (Å²) >= 11 is 0. The van der Waals surface area contributed by atoms with Gasteiger partial charge in [-0.3, -0.25) is 19.5 Å². The van der Waals surface area contributed by atoms with E-state index in [0.29, 0.717) is 5.56 Å². The van der Waals surface area contributed by atoms with Crippen molar-refractivity contribution in [1.82, 2.24) is 4.98 Å². The number of amides is 1. The zero-order valence-corrected chi connectivity index (χ0v) is 13.2. The largest absolute Gasteiger partial charge is 0.503 e. The van der Waals surface area contributed by atoms with Gasteiger partial charge in [0.1, 0.15) is 11.6 Å². The van der Waals surface area contributed by atoms with Crippen LogP contribution in [0, 0.1) is 11.6 Å². The van der Waals surface area contributed by atoms with Gasteiger partial charge in [-0.1, -0.05) is 6.92 Å². The Morgan fingerprint density at radius 2 is 1.92 bits per heavy atom. The molecule has 1 aromatic carbocycles. The molecule has 1 aliphatic rings. The lowest BCUT2D eigenvalue weighted by Gasteiger charge is -2.27. The fraction of sp³-hybridized carbons (Fsp3) is 0.167. The van der Waals surface area contributed by atoms with Gasteiger partial charge in [-0.25, -0.2) is 8.78 Å². The first-order valence-corrected chi connectivity index (χ1v) is 7.60. The van der Waals surface area contributed by atoms with Crippen LogP contribution in [0.4, 0.5) is 14.5 Å². The number of carbonyl (C=O) groups excluding carboxylic acids is 2. The molecule has 0 fully saturated rings. The van der Waals surface area contributed by atoms with E-state index in [2.05, 4.69) is 4.98 Å². The molecule has 3 rings (SSSR count). The molecule has 0 saturated heterocycles. The highest BCUT2D eigenvalue weighted by molar-refractivity contribution is 6.16. The number of Topliss-reactive ketones (excluding diaryl/α,β-unsaturated/α-hetero) is 1. The first-order valence-electron chi connectivity index (χ1n) is 7.60. The smallest absolute Gasteiger partial charge is 0.294 e. The minimum absolute atomic E-state index is 0.0493. The predicted molar refractivity (Wildman–Crippen MR) is 85.8 cm³/mol. The summed E-state index contributed by atoms with van der Waals surface area (Å²) in [5.74, 6) is -3.74. The van der Waals surface area contributed by atoms with Crippen molar-refractivity contribution in [3.63, 3.8) is 0 Å². The highest BCUT2D eigenvalue weighted by Gasteiger charge is 2.44. The Morgan fingerprint density at radius 1 is 1.24 bits per heavy atom. The van der Waals surface area contributed by atoms with Gasteiger partial charge in [0.05, 0.1) is 17.3 Å². The van der Waals surface area contributed by atoms with Crippen molar-refractivity contribution in [2.45, 2.75) is 19.4 Å². The van der Waals surface area contributed by atoms with Gasteiger partial charge >= 0.3 is 0 Å². The molecule has 0 radical (unpaired) electrons. The zero-order chi connectivity index (χ0) is 18.1. The summed E-state index contributed by atoms with van der Waals surface area (Å²) in [4.78, 5) is 29.6. The van der Waals surface area contributed by atoms with E-state index in [1.807, 2.05) is 0 Å². The number of aliphatic hydroxyl groups is 1. The molecule has 2 aromatic rings. The summed E-state index contributed by atoms with van der Waals surface area (Å²) in [6.07, 6.45) is 2.94. The average Bonchev–Trinajstić information content (AvgIpc) is 2.88. The summed E-state index contributed by atoms with van der Waals surface area (Å²) < 4.78 is 27.9. The maximum absolute atomic E-state index is 14.3. The van der Waals surface area contributed by atoms with Crippen molar-refractivity contribution in [3.05, 3.63) is 71.3 Å². The third-order valence-corrected chi connectivity index (χ3v) is 4.02. The summed E-state index contributed by atoms with van der Waals surface area (Å²) in [7, 11) is 0. The lowest BCUT2D eigenvalue weighted by Crippen LogP contribution is -2.31. The minimum atomic E-state index is -1.06. The average molecular weight is 344 g/mol. The van der Waals surface area contributed by atoms with Crippen LogP contribution in [0.15, 0.2) is 54.1 Å². The van der Waals surface area contributed by atoms with E-state index in [1.165, 1.54) is 12.4 Å². The fourth-order valence-electron chi connectivity index (χ4n) is 2.86. The van der Waals surface area contributed by atoms with Crippen molar-refractivity contribution in [2.75, 3.05) is 4.90 Å². The fourth-order valence-corrected chi connectivity index (χ4v) is 2.86. The van der Waals surface area contributed by atoms with Crippen LogP contribution in [0.5, 0.6) is 0 Å². The van der Waals surface area contributed by atoms with E-state index >= 15 is 0 Å². The quantitative estimate of drug-likeness (QED) is 0.924. The molecule has 5 nitrogen and oxygen atoms in total. The molecule has 1 aromatic heterocycles. The van der Waals surface area contributed by atoms with Crippen molar-refractivity contribution in [3.8, 4) is 0 Å². The van der Waals surface area contributed by atoms with Crippen LogP contribution >= 0.6 is 0 Å². The maximum Gasteiger partial charge on any atom is 0.294 e. The summed E-state index contributed by atoms with van der Waals surface area (Å²) in [6, 6.07) is 4.70. The van der Waals surface area contributed by atoms with Gasteiger partial charge in [0.25, 0.3) is 5.91 Å². The molecule has 0 saturated carbocycles. The van der Waals surface area contributed by atoms with E-state index in [0.717, 1.165) is 23.1 Å². The van der Waals surface area contributed by atoms with Gasteiger partial charge in [-0.2, -0.15) is 0 Å². The summed E-state index contributed by atoms with van der Waals surface area (Å²) in [6.45, 7) is 1.59. The number of pyridine rings is 1. The third-order valence-electron chi connectivity index (χ3n) is 4.02. The lowest BCUT2D eigenvalue weighted by molar-refractivity contribution is -0.118. The van der Waals surface area contributed by atoms with Gasteiger partial charge < -0.3 is 5.11 Å². The van der Waals surface area contributed by atoms with Crippen molar-refractivity contribution >= 4 is 17.4 Å². The Morgan fingerprint density at radius 3 is 2.56 bits per heavy atom.